The van der Waals surface area contributed by atoms with Crippen LogP contribution in [0.15, 0.2) is 47.4 Å². The molecular weight excluding hydrogens is 549 g/mol. The summed E-state index contributed by atoms with van der Waals surface area (Å²) in [7, 11) is 2.71. The van der Waals surface area contributed by atoms with Crippen LogP contribution < -0.4 is 9.47 Å². The first-order chi connectivity index (χ1) is 15.3. The molecular formula is C22H18INO7S. The van der Waals surface area contributed by atoms with Crippen molar-refractivity contribution in [2.24, 2.45) is 0 Å². The van der Waals surface area contributed by atoms with Gasteiger partial charge >= 0.3 is 5.97 Å². The van der Waals surface area contributed by atoms with Crippen molar-refractivity contribution in [3.8, 4) is 11.5 Å². The second-order valence-corrected chi connectivity index (χ2v) is 8.61. The highest BCUT2D eigenvalue weighted by Crippen LogP contribution is 2.37. The minimum absolute atomic E-state index is 0.192. The van der Waals surface area contributed by atoms with E-state index in [9.17, 15) is 19.2 Å². The number of rotatable bonds is 8. The Hall–Kier alpha value is -2.86. The lowest BCUT2D eigenvalue weighted by Gasteiger charge is -2.13. The summed E-state index contributed by atoms with van der Waals surface area (Å²) in [4.78, 5) is 50.0. The summed E-state index contributed by atoms with van der Waals surface area (Å²) >= 11 is 2.78. The van der Waals surface area contributed by atoms with Crippen molar-refractivity contribution in [3.05, 3.63) is 62.1 Å². The van der Waals surface area contributed by atoms with Gasteiger partial charge in [-0.3, -0.25) is 19.3 Å². The summed E-state index contributed by atoms with van der Waals surface area (Å²) in [6.07, 6.45) is 1.55. The van der Waals surface area contributed by atoms with E-state index in [0.29, 0.717) is 26.2 Å². The molecule has 32 heavy (non-hydrogen) atoms. The molecule has 166 valence electrons. The van der Waals surface area contributed by atoms with Crippen LogP contribution in [-0.2, 0) is 14.3 Å². The lowest BCUT2D eigenvalue weighted by atomic mass is 10.1. The smallest absolute Gasteiger partial charge is 0.343 e. The summed E-state index contributed by atoms with van der Waals surface area (Å²) in [5.41, 5.74) is 1.02. The predicted molar refractivity (Wildman–Crippen MR) is 127 cm³/mol. The second kappa shape index (κ2) is 10.6. The minimum Gasteiger partial charge on any atom is -0.493 e. The second-order valence-electron chi connectivity index (χ2n) is 6.46. The molecule has 0 radical (unpaired) electrons. The predicted octanol–water partition coefficient (Wildman–Crippen LogP) is 3.77. The van der Waals surface area contributed by atoms with Gasteiger partial charge in [-0.15, -0.1) is 0 Å². The molecule has 3 rings (SSSR count). The van der Waals surface area contributed by atoms with Gasteiger partial charge in [-0.25, -0.2) is 4.79 Å². The van der Waals surface area contributed by atoms with Crippen LogP contribution in [0.3, 0.4) is 0 Å². The third-order valence-corrected chi connectivity index (χ3v) is 6.09. The summed E-state index contributed by atoms with van der Waals surface area (Å²) in [5.74, 6) is -0.685. The Morgan fingerprint density at radius 1 is 1.12 bits per heavy atom. The summed E-state index contributed by atoms with van der Waals surface area (Å²) < 4.78 is 16.0. The molecule has 1 saturated heterocycles. The molecule has 10 heteroatoms. The number of ether oxygens (including phenoxy) is 3. The first kappa shape index (κ1) is 23.8. The van der Waals surface area contributed by atoms with Gasteiger partial charge in [0.05, 0.1) is 29.2 Å². The van der Waals surface area contributed by atoms with Crippen LogP contribution in [0.4, 0.5) is 4.79 Å². The van der Waals surface area contributed by atoms with Crippen molar-refractivity contribution in [2.75, 3.05) is 27.4 Å². The van der Waals surface area contributed by atoms with E-state index in [1.54, 1.807) is 48.5 Å². The quantitative estimate of drug-likeness (QED) is 0.206. The summed E-state index contributed by atoms with van der Waals surface area (Å²) in [6.45, 7) is -0.607. The van der Waals surface area contributed by atoms with E-state index in [0.717, 1.165) is 16.7 Å². The van der Waals surface area contributed by atoms with Crippen LogP contribution in [-0.4, -0.2) is 55.2 Å². The third kappa shape index (κ3) is 5.49. The highest BCUT2D eigenvalue weighted by Gasteiger charge is 2.36. The number of ketones is 1. The number of nitrogens with zero attached hydrogens (tertiary/aromatic N) is 1. The lowest BCUT2D eigenvalue weighted by Crippen LogP contribution is -2.33. The Morgan fingerprint density at radius 2 is 1.84 bits per heavy atom. The van der Waals surface area contributed by atoms with Crippen LogP contribution in [0, 0.1) is 3.57 Å². The number of carbonyl (C=O) groups excluding carboxylic acids is 4. The van der Waals surface area contributed by atoms with E-state index in [1.807, 2.05) is 22.6 Å². The van der Waals surface area contributed by atoms with E-state index >= 15 is 0 Å². The van der Waals surface area contributed by atoms with Crippen molar-refractivity contribution in [1.82, 2.24) is 4.90 Å². The largest absolute Gasteiger partial charge is 0.493 e. The van der Waals surface area contributed by atoms with E-state index in [1.165, 1.54) is 14.2 Å². The highest BCUT2D eigenvalue weighted by molar-refractivity contribution is 14.1. The maximum atomic E-state index is 12.8. The highest BCUT2D eigenvalue weighted by atomic mass is 127. The number of benzene rings is 2. The number of hydrogen-bond acceptors (Lipinski definition) is 8. The maximum Gasteiger partial charge on any atom is 0.343 e. The molecule has 2 amide bonds. The third-order valence-electron chi connectivity index (χ3n) is 4.38. The summed E-state index contributed by atoms with van der Waals surface area (Å²) in [5, 5.41) is -0.509. The molecule has 1 aliphatic heterocycles. The topological polar surface area (TPSA) is 99.2 Å². The first-order valence-electron chi connectivity index (χ1n) is 9.24. The molecule has 0 aliphatic carbocycles. The Morgan fingerprint density at radius 3 is 2.50 bits per heavy atom. The number of imide groups is 1. The Balaban J connectivity index is 1.80. The zero-order valence-electron chi connectivity index (χ0n) is 17.1. The Bertz CT molecular complexity index is 1100. The number of halogens is 1. The fraction of sp³-hybridized carbons (Fsp3) is 0.182. The average Bonchev–Trinajstić information content (AvgIpc) is 3.05. The fourth-order valence-electron chi connectivity index (χ4n) is 2.80. The van der Waals surface area contributed by atoms with Gasteiger partial charge < -0.3 is 14.2 Å². The van der Waals surface area contributed by atoms with Gasteiger partial charge in [-0.1, -0.05) is 30.3 Å². The number of Topliss-reactive ketones (excluding diaryl/α,β-unsaturated/α-hetero) is 1. The first-order valence-corrected chi connectivity index (χ1v) is 11.1. The molecule has 0 atom stereocenters. The van der Waals surface area contributed by atoms with Gasteiger partial charge in [0.2, 0.25) is 0 Å². The van der Waals surface area contributed by atoms with Crippen molar-refractivity contribution in [1.29, 1.82) is 0 Å². The fourth-order valence-corrected chi connectivity index (χ4v) is 4.42. The number of esters is 1. The van der Waals surface area contributed by atoms with Crippen LogP contribution >= 0.6 is 34.4 Å². The molecule has 2 aromatic rings. The van der Waals surface area contributed by atoms with E-state index in [4.69, 9.17) is 9.47 Å². The molecule has 0 saturated carbocycles. The van der Waals surface area contributed by atoms with Crippen molar-refractivity contribution in [3.63, 3.8) is 0 Å². The molecule has 0 unspecified atom stereocenters. The standard InChI is InChI=1S/C22H18INO7S/c1-29-17-9-13(8-15(23)20(17)31-12-19(26)30-2)10-18-21(27)24(22(28)32-18)11-16(25)14-6-4-3-5-7-14/h3-10H,11-12H2,1-2H3/b18-10-. The number of hydrogen-bond donors (Lipinski definition) is 0. The molecule has 0 aromatic heterocycles. The van der Waals surface area contributed by atoms with Gasteiger partial charge in [0.15, 0.2) is 23.9 Å². The molecule has 1 fully saturated rings. The average molecular weight is 567 g/mol. The normalized spacial score (nSPS) is 14.6. The Kier molecular flexibility index (Phi) is 7.91. The SMILES string of the molecule is COC(=O)COc1c(I)cc(/C=C2\SC(=O)N(CC(=O)c3ccccc3)C2=O)cc1OC. The molecule has 2 aromatic carbocycles. The molecule has 1 heterocycles. The van der Waals surface area contributed by atoms with Gasteiger partial charge in [0.1, 0.15) is 0 Å². The maximum absolute atomic E-state index is 12.8. The molecule has 1 aliphatic rings. The zero-order valence-corrected chi connectivity index (χ0v) is 20.1. The summed E-state index contributed by atoms with van der Waals surface area (Å²) in [6, 6.07) is 11.8. The number of thioether (sulfide) groups is 1. The van der Waals surface area contributed by atoms with E-state index in [-0.39, 0.29) is 23.8 Å². The van der Waals surface area contributed by atoms with Gasteiger partial charge in [-0.2, -0.15) is 0 Å². The van der Waals surface area contributed by atoms with Gasteiger partial charge in [-0.05, 0) is 58.1 Å². The van der Waals surface area contributed by atoms with Crippen molar-refractivity contribution in [2.45, 2.75) is 0 Å². The molecule has 0 spiro atoms. The van der Waals surface area contributed by atoms with Gasteiger partial charge in [0, 0.05) is 5.56 Å². The lowest BCUT2D eigenvalue weighted by molar-refractivity contribution is -0.143. The Labute approximate surface area is 202 Å². The number of carbonyl (C=O) groups is 4. The van der Waals surface area contributed by atoms with E-state index in [2.05, 4.69) is 4.74 Å². The van der Waals surface area contributed by atoms with Gasteiger partial charge in [0.25, 0.3) is 11.1 Å². The zero-order chi connectivity index (χ0) is 23.3. The number of amides is 2. The van der Waals surface area contributed by atoms with Crippen molar-refractivity contribution < 1.29 is 33.4 Å². The van der Waals surface area contributed by atoms with Crippen LogP contribution in [0.2, 0.25) is 0 Å². The molecule has 0 bridgehead atoms. The minimum atomic E-state index is -0.538. The van der Waals surface area contributed by atoms with Crippen molar-refractivity contribution >= 4 is 63.3 Å². The van der Waals surface area contributed by atoms with Crippen LogP contribution in [0.5, 0.6) is 11.5 Å². The van der Waals surface area contributed by atoms with Crippen LogP contribution in [0.1, 0.15) is 15.9 Å². The monoisotopic (exact) mass is 567 g/mol. The molecule has 8 nitrogen and oxygen atoms in total. The number of methoxy groups -OCH3 is 2. The molecule has 0 N–H and O–H groups in total. The van der Waals surface area contributed by atoms with E-state index < -0.39 is 17.1 Å². The van der Waals surface area contributed by atoms with Crippen LogP contribution in [0.25, 0.3) is 6.08 Å².